The van der Waals surface area contributed by atoms with Crippen LogP contribution in [0.2, 0.25) is 0 Å². The summed E-state index contributed by atoms with van der Waals surface area (Å²) in [5.74, 6) is 1.02. The van der Waals surface area contributed by atoms with E-state index in [1.807, 2.05) is 32.0 Å². The van der Waals surface area contributed by atoms with Crippen molar-refractivity contribution in [3.05, 3.63) is 35.6 Å². The second-order valence-electron chi connectivity index (χ2n) is 5.18. The molecule has 1 atom stereocenters. The minimum Gasteiger partial charge on any atom is -0.459 e. The number of nitrogens with one attached hydrogen (secondary N) is 1. The predicted molar refractivity (Wildman–Crippen MR) is 78.5 cm³/mol. The topological polar surface area (TPSA) is 34.4 Å². The van der Waals surface area contributed by atoms with E-state index in [1.165, 1.54) is 10.9 Å². The molecule has 104 valence electrons. The molecule has 1 aromatic carbocycles. The highest BCUT2D eigenvalue weighted by Gasteiger charge is 2.15. The average molecular weight is 261 g/mol. The molecule has 19 heavy (non-hydrogen) atoms. The first kappa shape index (κ1) is 14.1. The maximum absolute atomic E-state index is 5.94. The van der Waals surface area contributed by atoms with E-state index in [4.69, 9.17) is 9.15 Å². The summed E-state index contributed by atoms with van der Waals surface area (Å²) >= 11 is 0. The Kier molecular flexibility index (Phi) is 4.61. The van der Waals surface area contributed by atoms with Crippen molar-refractivity contribution in [1.82, 2.24) is 5.32 Å². The number of fused-ring (bicyclic) bond motifs is 1. The molecule has 0 radical (unpaired) electrons. The summed E-state index contributed by atoms with van der Waals surface area (Å²) in [4.78, 5) is 0. The van der Waals surface area contributed by atoms with Crippen LogP contribution in [0.1, 0.15) is 38.1 Å². The van der Waals surface area contributed by atoms with E-state index >= 15 is 0 Å². The summed E-state index contributed by atoms with van der Waals surface area (Å²) in [5, 5.41) is 4.64. The first-order valence-corrected chi connectivity index (χ1v) is 6.92. The highest BCUT2D eigenvalue weighted by atomic mass is 16.5. The Balaban J connectivity index is 2.01. The zero-order chi connectivity index (χ0) is 13.8. The number of furan rings is 1. The molecule has 1 aromatic heterocycles. The van der Waals surface area contributed by atoms with Gasteiger partial charge in [-0.05, 0) is 39.3 Å². The van der Waals surface area contributed by atoms with Crippen molar-refractivity contribution in [3.8, 4) is 0 Å². The second kappa shape index (κ2) is 6.22. The molecule has 0 aliphatic rings. The molecule has 2 rings (SSSR count). The Bertz CT molecular complexity index is 531. The Morgan fingerprint density at radius 3 is 2.63 bits per heavy atom. The molecule has 0 saturated heterocycles. The molecule has 1 unspecified atom stereocenters. The molecule has 0 spiro atoms. The highest BCUT2D eigenvalue weighted by molar-refractivity contribution is 5.82. The quantitative estimate of drug-likeness (QED) is 0.803. The molecule has 0 bridgehead atoms. The van der Waals surface area contributed by atoms with Gasteiger partial charge in [-0.25, -0.2) is 0 Å². The van der Waals surface area contributed by atoms with E-state index in [9.17, 15) is 0 Å². The minimum atomic E-state index is 0.197. The van der Waals surface area contributed by atoms with Crippen molar-refractivity contribution in [1.29, 1.82) is 0 Å². The number of aryl methyl sites for hydroxylation is 1. The van der Waals surface area contributed by atoms with Crippen molar-refractivity contribution in [2.24, 2.45) is 0 Å². The smallest absolute Gasteiger partial charge is 0.134 e. The molecule has 1 N–H and O–H groups in total. The molecule has 0 fully saturated rings. The summed E-state index contributed by atoms with van der Waals surface area (Å²) in [7, 11) is 0. The Morgan fingerprint density at radius 2 is 1.95 bits per heavy atom. The lowest BCUT2D eigenvalue weighted by Gasteiger charge is -2.13. The van der Waals surface area contributed by atoms with Crippen LogP contribution in [0.4, 0.5) is 0 Å². The predicted octanol–water partition coefficient (Wildman–Crippen LogP) is 3.82. The third kappa shape index (κ3) is 3.37. The summed E-state index contributed by atoms with van der Waals surface area (Å²) < 4.78 is 11.5. The van der Waals surface area contributed by atoms with E-state index in [2.05, 4.69) is 25.2 Å². The molecule has 0 amide bonds. The molecule has 2 aromatic rings. The van der Waals surface area contributed by atoms with Gasteiger partial charge in [-0.15, -0.1) is 0 Å². The number of rotatable bonds is 6. The zero-order valence-corrected chi connectivity index (χ0v) is 12.2. The summed E-state index contributed by atoms with van der Waals surface area (Å²) in [6, 6.07) is 8.36. The monoisotopic (exact) mass is 261 g/mol. The van der Waals surface area contributed by atoms with E-state index in [0.29, 0.717) is 0 Å². The van der Waals surface area contributed by atoms with Gasteiger partial charge in [-0.3, -0.25) is 0 Å². The maximum Gasteiger partial charge on any atom is 0.134 e. The lowest BCUT2D eigenvalue weighted by Crippen LogP contribution is -2.24. The third-order valence-corrected chi connectivity index (χ3v) is 3.28. The zero-order valence-electron chi connectivity index (χ0n) is 12.2. The Labute approximate surface area is 114 Å². The van der Waals surface area contributed by atoms with Crippen LogP contribution in [0.3, 0.4) is 0 Å². The molecule has 0 saturated carbocycles. The Morgan fingerprint density at radius 1 is 1.21 bits per heavy atom. The van der Waals surface area contributed by atoms with E-state index in [-0.39, 0.29) is 12.1 Å². The second-order valence-corrected chi connectivity index (χ2v) is 5.18. The number of para-hydroxylation sites is 1. The minimum absolute atomic E-state index is 0.197. The van der Waals surface area contributed by atoms with Crippen LogP contribution in [-0.2, 0) is 4.74 Å². The maximum atomic E-state index is 5.94. The van der Waals surface area contributed by atoms with Crippen LogP contribution in [0.5, 0.6) is 0 Å². The van der Waals surface area contributed by atoms with E-state index < -0.39 is 0 Å². The largest absolute Gasteiger partial charge is 0.459 e. The van der Waals surface area contributed by atoms with Gasteiger partial charge in [0.1, 0.15) is 11.3 Å². The molecular formula is C16H23NO2. The van der Waals surface area contributed by atoms with Crippen molar-refractivity contribution >= 4 is 11.0 Å². The van der Waals surface area contributed by atoms with E-state index in [1.54, 1.807) is 0 Å². The lowest BCUT2D eigenvalue weighted by atomic mass is 10.1. The average Bonchev–Trinajstić information content (AvgIpc) is 2.72. The van der Waals surface area contributed by atoms with Crippen LogP contribution >= 0.6 is 0 Å². The van der Waals surface area contributed by atoms with Gasteiger partial charge in [-0.2, -0.15) is 0 Å². The summed E-state index contributed by atoms with van der Waals surface area (Å²) in [5.41, 5.74) is 2.18. The van der Waals surface area contributed by atoms with Crippen LogP contribution in [0, 0.1) is 6.92 Å². The van der Waals surface area contributed by atoms with Gasteiger partial charge in [0.25, 0.3) is 0 Å². The summed E-state index contributed by atoms with van der Waals surface area (Å²) in [6.45, 7) is 9.89. The molecule has 3 heteroatoms. The fourth-order valence-corrected chi connectivity index (χ4v) is 2.27. The van der Waals surface area contributed by atoms with Gasteiger partial charge in [0.15, 0.2) is 0 Å². The van der Waals surface area contributed by atoms with Crippen LogP contribution in [0.15, 0.2) is 28.7 Å². The molecule has 1 heterocycles. The summed E-state index contributed by atoms with van der Waals surface area (Å²) in [6.07, 6.45) is 0.282. The third-order valence-electron chi connectivity index (χ3n) is 3.28. The lowest BCUT2D eigenvalue weighted by molar-refractivity contribution is 0.0793. The van der Waals surface area contributed by atoms with E-state index in [0.717, 1.165) is 24.5 Å². The van der Waals surface area contributed by atoms with Gasteiger partial charge in [0.05, 0.1) is 18.8 Å². The normalized spacial score (nSPS) is 13.3. The van der Waals surface area contributed by atoms with Crippen LogP contribution in [-0.4, -0.2) is 19.3 Å². The SMILES string of the molecule is Cc1c(C(C)NCCOC(C)C)oc2ccccc12. The first-order valence-electron chi connectivity index (χ1n) is 6.92. The fourth-order valence-electron chi connectivity index (χ4n) is 2.27. The number of hydrogen-bond acceptors (Lipinski definition) is 3. The standard InChI is InChI=1S/C16H23NO2/c1-11(2)18-10-9-17-13(4)16-12(3)14-7-5-6-8-15(14)19-16/h5-8,11,13,17H,9-10H2,1-4H3. The van der Waals surface area contributed by atoms with Gasteiger partial charge in [0, 0.05) is 11.9 Å². The number of benzene rings is 1. The van der Waals surface area contributed by atoms with Crippen molar-refractivity contribution in [2.45, 2.75) is 39.8 Å². The molecule has 0 aliphatic carbocycles. The Hall–Kier alpha value is -1.32. The van der Waals surface area contributed by atoms with Gasteiger partial charge >= 0.3 is 0 Å². The van der Waals surface area contributed by atoms with Crippen LogP contribution < -0.4 is 5.32 Å². The van der Waals surface area contributed by atoms with Crippen molar-refractivity contribution in [2.75, 3.05) is 13.2 Å². The van der Waals surface area contributed by atoms with Crippen molar-refractivity contribution in [3.63, 3.8) is 0 Å². The van der Waals surface area contributed by atoms with Crippen molar-refractivity contribution < 1.29 is 9.15 Å². The van der Waals surface area contributed by atoms with Gasteiger partial charge in [0.2, 0.25) is 0 Å². The highest BCUT2D eigenvalue weighted by Crippen LogP contribution is 2.28. The van der Waals surface area contributed by atoms with Gasteiger partial charge in [-0.1, -0.05) is 18.2 Å². The number of ether oxygens (including phenoxy) is 1. The fraction of sp³-hybridized carbons (Fsp3) is 0.500. The molecular weight excluding hydrogens is 238 g/mol. The molecule has 3 nitrogen and oxygen atoms in total. The van der Waals surface area contributed by atoms with Crippen LogP contribution in [0.25, 0.3) is 11.0 Å². The number of hydrogen-bond donors (Lipinski definition) is 1. The molecule has 0 aliphatic heterocycles. The first-order chi connectivity index (χ1) is 9.09. The van der Waals surface area contributed by atoms with Gasteiger partial charge < -0.3 is 14.5 Å².